The summed E-state index contributed by atoms with van der Waals surface area (Å²) < 4.78 is 31.7. The number of rotatable bonds is 2. The number of aryl methyl sites for hydroxylation is 2. The Bertz CT molecular complexity index is 1500. The average Bonchev–Trinajstić information content (AvgIpc) is 2.90. The Balaban J connectivity index is 0.000000448. The maximum atomic E-state index is 13.0. The summed E-state index contributed by atoms with van der Waals surface area (Å²) in [5, 5.41) is 17.0. The summed E-state index contributed by atoms with van der Waals surface area (Å²) in [5.74, 6) is -1.95. The molecule has 0 aliphatic carbocycles. The van der Waals surface area contributed by atoms with Crippen LogP contribution >= 0.6 is 11.6 Å². The number of nitrogens with one attached hydrogen (secondary N) is 3. The molecule has 12 heteroatoms. The fraction of sp³-hybridized carbons (Fsp3) is 0.111. The molecule has 5 rings (SSSR count). The zero-order chi connectivity index (χ0) is 28.0. The Morgan fingerprint density at radius 1 is 0.923 bits per heavy atom. The van der Waals surface area contributed by atoms with E-state index in [9.17, 15) is 18.0 Å². The summed E-state index contributed by atoms with van der Waals surface area (Å²) >= 11 is 6.33. The molecular weight excluding hydrogens is 535 g/mol. The lowest BCUT2D eigenvalue weighted by atomic mass is 9.98. The molecule has 1 aromatic heterocycles. The number of anilines is 5. The van der Waals surface area contributed by atoms with Crippen molar-refractivity contribution in [1.29, 1.82) is 0 Å². The number of benzene rings is 3. The topological polar surface area (TPSA) is 116 Å². The number of aliphatic carboxylic acids is 1. The van der Waals surface area contributed by atoms with E-state index in [1.807, 2.05) is 60.7 Å². The van der Waals surface area contributed by atoms with Crippen molar-refractivity contribution in [3.05, 3.63) is 101 Å². The number of carbonyl (C=O) groups is 2. The minimum absolute atomic E-state index is 0.139. The molecule has 0 fully saturated rings. The SMILES string of the molecule is O=C(Nc1ccccc1)c1ccc2cc1CCc1cccc(c1)Nc1ncc(Cl)c(n1)N2.O=C(O)C(F)(F)F. The maximum Gasteiger partial charge on any atom is 0.490 e. The van der Waals surface area contributed by atoms with E-state index in [1.165, 1.54) is 0 Å². The smallest absolute Gasteiger partial charge is 0.475 e. The van der Waals surface area contributed by atoms with Crippen LogP contribution in [0.15, 0.2) is 79.0 Å². The molecule has 0 atom stereocenters. The summed E-state index contributed by atoms with van der Waals surface area (Å²) in [5.41, 5.74) is 5.17. The number of nitrogens with zero attached hydrogens (tertiary/aromatic N) is 2. The van der Waals surface area contributed by atoms with Crippen LogP contribution in [0.5, 0.6) is 0 Å². The summed E-state index contributed by atoms with van der Waals surface area (Å²) in [4.78, 5) is 30.7. The van der Waals surface area contributed by atoms with Crippen LogP contribution in [-0.2, 0) is 17.6 Å². The highest BCUT2D eigenvalue weighted by Crippen LogP contribution is 2.28. The molecule has 0 spiro atoms. The first-order valence-corrected chi connectivity index (χ1v) is 11.9. The zero-order valence-corrected chi connectivity index (χ0v) is 20.8. The van der Waals surface area contributed by atoms with E-state index >= 15 is 0 Å². The summed E-state index contributed by atoms with van der Waals surface area (Å²) in [6, 6.07) is 23.2. The number of hydrogen-bond donors (Lipinski definition) is 4. The first-order valence-electron chi connectivity index (χ1n) is 11.5. The number of amides is 1. The molecular formula is C27H21ClF3N5O3. The molecule has 0 unspecified atom stereocenters. The molecule has 39 heavy (non-hydrogen) atoms. The van der Waals surface area contributed by atoms with Crippen molar-refractivity contribution in [2.24, 2.45) is 0 Å². The van der Waals surface area contributed by atoms with Gasteiger partial charge in [-0.25, -0.2) is 9.78 Å². The van der Waals surface area contributed by atoms with Crippen molar-refractivity contribution in [2.45, 2.75) is 19.0 Å². The molecule has 0 saturated carbocycles. The number of carboxylic acids is 1. The number of aromatic nitrogens is 2. The molecule has 1 aliphatic rings. The van der Waals surface area contributed by atoms with Gasteiger partial charge >= 0.3 is 12.1 Å². The number of alkyl halides is 3. The molecule has 0 radical (unpaired) electrons. The highest BCUT2D eigenvalue weighted by Gasteiger charge is 2.38. The van der Waals surface area contributed by atoms with Crippen molar-refractivity contribution >= 4 is 52.3 Å². The van der Waals surface area contributed by atoms with Gasteiger partial charge in [-0.1, -0.05) is 41.9 Å². The minimum atomic E-state index is -5.08. The van der Waals surface area contributed by atoms with E-state index in [0.29, 0.717) is 28.8 Å². The van der Waals surface area contributed by atoms with Gasteiger partial charge in [-0.3, -0.25) is 4.79 Å². The fourth-order valence-electron chi connectivity index (χ4n) is 3.68. The van der Waals surface area contributed by atoms with Gasteiger partial charge in [0, 0.05) is 22.6 Å². The Labute approximate surface area is 225 Å². The van der Waals surface area contributed by atoms with Crippen molar-refractivity contribution in [3.8, 4) is 0 Å². The molecule has 8 nitrogen and oxygen atoms in total. The fourth-order valence-corrected chi connectivity index (χ4v) is 3.82. The molecule has 1 aliphatic heterocycles. The minimum Gasteiger partial charge on any atom is -0.475 e. The highest BCUT2D eigenvalue weighted by molar-refractivity contribution is 6.32. The van der Waals surface area contributed by atoms with Crippen molar-refractivity contribution < 1.29 is 27.9 Å². The predicted molar refractivity (Wildman–Crippen MR) is 142 cm³/mol. The third-order valence-electron chi connectivity index (χ3n) is 5.50. The van der Waals surface area contributed by atoms with Crippen molar-refractivity contribution in [3.63, 3.8) is 0 Å². The second-order valence-corrected chi connectivity index (χ2v) is 8.74. The van der Waals surface area contributed by atoms with Crippen LogP contribution in [0.25, 0.3) is 0 Å². The standard InChI is InChI=1S/C25H20ClN5O.C2HF3O2/c26-22-15-27-25-30-19-8-4-5-16(13-19)9-10-17-14-20(28-23(22)31-25)11-12-21(17)24(32)29-18-6-2-1-3-7-18;3-2(4,5)1(6)7/h1-8,11-15H,9-10H2,(H,29,32)(H2,27,28,30,31);(H,6,7). The number of fused-ring (bicyclic) bond motifs is 6. The van der Waals surface area contributed by atoms with Gasteiger partial charge in [-0.2, -0.15) is 18.2 Å². The van der Waals surface area contributed by atoms with Crippen LogP contribution < -0.4 is 16.0 Å². The average molecular weight is 556 g/mol. The van der Waals surface area contributed by atoms with E-state index in [-0.39, 0.29) is 5.91 Å². The summed E-state index contributed by atoms with van der Waals surface area (Å²) in [6.07, 6.45) is -2.04. The van der Waals surface area contributed by atoms with E-state index in [2.05, 4.69) is 38.1 Å². The molecule has 4 N–H and O–H groups in total. The van der Waals surface area contributed by atoms with Crippen LogP contribution in [-0.4, -0.2) is 33.1 Å². The van der Waals surface area contributed by atoms with Crippen LogP contribution in [0.2, 0.25) is 5.02 Å². The molecule has 1 amide bonds. The summed E-state index contributed by atoms with van der Waals surface area (Å²) in [7, 11) is 0. The Hall–Kier alpha value is -4.64. The Kier molecular flexibility index (Phi) is 8.30. The molecule has 0 saturated heterocycles. The van der Waals surface area contributed by atoms with Crippen LogP contribution in [0.4, 0.5) is 42.0 Å². The van der Waals surface area contributed by atoms with Gasteiger partial charge in [0.2, 0.25) is 5.95 Å². The van der Waals surface area contributed by atoms with Crippen molar-refractivity contribution in [2.75, 3.05) is 16.0 Å². The Morgan fingerprint density at radius 2 is 1.64 bits per heavy atom. The largest absolute Gasteiger partial charge is 0.490 e. The van der Waals surface area contributed by atoms with E-state index in [1.54, 1.807) is 6.20 Å². The van der Waals surface area contributed by atoms with Gasteiger partial charge in [0.1, 0.15) is 5.02 Å². The second kappa shape index (κ2) is 11.8. The van der Waals surface area contributed by atoms with Gasteiger partial charge in [-0.15, -0.1) is 0 Å². The predicted octanol–water partition coefficient (Wildman–Crippen LogP) is 6.60. The quantitative estimate of drug-likeness (QED) is 0.220. The van der Waals surface area contributed by atoms with E-state index in [4.69, 9.17) is 21.5 Å². The molecule has 4 aromatic rings. The normalized spacial score (nSPS) is 12.1. The van der Waals surface area contributed by atoms with Gasteiger partial charge < -0.3 is 21.1 Å². The highest BCUT2D eigenvalue weighted by atomic mass is 35.5. The number of para-hydroxylation sites is 1. The lowest BCUT2D eigenvalue weighted by Gasteiger charge is -2.14. The maximum absolute atomic E-state index is 13.0. The number of hydrogen-bond acceptors (Lipinski definition) is 6. The van der Waals surface area contributed by atoms with E-state index in [0.717, 1.165) is 34.6 Å². The molecule has 200 valence electrons. The Morgan fingerprint density at radius 3 is 2.36 bits per heavy atom. The first kappa shape index (κ1) is 27.4. The monoisotopic (exact) mass is 555 g/mol. The van der Waals surface area contributed by atoms with Gasteiger partial charge in [0.05, 0.1) is 6.20 Å². The van der Waals surface area contributed by atoms with Crippen LogP contribution in [0.1, 0.15) is 21.5 Å². The van der Waals surface area contributed by atoms with Gasteiger partial charge in [-0.05, 0) is 66.4 Å². The van der Waals surface area contributed by atoms with Crippen LogP contribution in [0.3, 0.4) is 0 Å². The molecule has 2 heterocycles. The van der Waals surface area contributed by atoms with Crippen LogP contribution in [0, 0.1) is 0 Å². The number of carbonyl (C=O) groups excluding carboxylic acids is 1. The second-order valence-electron chi connectivity index (χ2n) is 8.34. The number of carboxylic acid groups (broad SMARTS) is 1. The van der Waals surface area contributed by atoms with Crippen molar-refractivity contribution in [1.82, 2.24) is 9.97 Å². The third kappa shape index (κ3) is 7.45. The first-order chi connectivity index (χ1) is 18.6. The van der Waals surface area contributed by atoms with Gasteiger partial charge in [0.15, 0.2) is 5.82 Å². The molecule has 6 bridgehead atoms. The molecule has 3 aromatic carbocycles. The zero-order valence-electron chi connectivity index (χ0n) is 20.1. The van der Waals surface area contributed by atoms with Gasteiger partial charge in [0.25, 0.3) is 5.91 Å². The third-order valence-corrected chi connectivity index (χ3v) is 5.77. The number of halogens is 4. The lowest BCUT2D eigenvalue weighted by Crippen LogP contribution is -2.21. The van der Waals surface area contributed by atoms with E-state index < -0.39 is 12.1 Å². The lowest BCUT2D eigenvalue weighted by molar-refractivity contribution is -0.192. The summed E-state index contributed by atoms with van der Waals surface area (Å²) in [6.45, 7) is 0.